The molecule has 1 aliphatic heterocycles. The molecule has 4 atom stereocenters. The van der Waals surface area contributed by atoms with E-state index in [9.17, 15) is 4.79 Å². The molecule has 2 aliphatic carbocycles. The van der Waals surface area contributed by atoms with Gasteiger partial charge in [0, 0.05) is 49.9 Å². The van der Waals surface area contributed by atoms with Crippen LogP contribution in [0.5, 0.6) is 0 Å². The highest BCUT2D eigenvalue weighted by atomic mass is 16.2. The normalized spacial score (nSPS) is 31.1. The van der Waals surface area contributed by atoms with Crippen molar-refractivity contribution in [3.8, 4) is 0 Å². The first kappa shape index (κ1) is 17.7. The van der Waals surface area contributed by atoms with Crippen LogP contribution in [0.4, 0.5) is 5.82 Å². The van der Waals surface area contributed by atoms with Crippen molar-refractivity contribution in [2.24, 2.45) is 23.5 Å². The van der Waals surface area contributed by atoms with E-state index in [0.717, 1.165) is 49.9 Å². The van der Waals surface area contributed by atoms with Gasteiger partial charge >= 0.3 is 0 Å². The highest BCUT2D eigenvalue weighted by molar-refractivity contribution is 5.81. The highest BCUT2D eigenvalue weighted by Crippen LogP contribution is 2.48. The number of nitrogens with two attached hydrogens (primary N) is 1. The van der Waals surface area contributed by atoms with Gasteiger partial charge in [0.15, 0.2) is 0 Å². The molecule has 1 aromatic heterocycles. The molecule has 2 bridgehead atoms. The zero-order chi connectivity index (χ0) is 18.4. The van der Waals surface area contributed by atoms with Crippen molar-refractivity contribution in [3.05, 3.63) is 17.6 Å². The number of hydrogen-bond donors (Lipinski definition) is 1. The van der Waals surface area contributed by atoms with E-state index in [1.165, 1.54) is 12.8 Å². The Morgan fingerprint density at radius 1 is 1.15 bits per heavy atom. The number of nitrogens with zero attached hydrogens (tertiary/aromatic N) is 4. The van der Waals surface area contributed by atoms with E-state index < -0.39 is 0 Å². The number of aryl methyl sites for hydroxylation is 1. The first-order chi connectivity index (χ1) is 12.4. The Hall–Kier alpha value is -1.69. The largest absolute Gasteiger partial charge is 0.353 e. The molecule has 6 heteroatoms. The maximum Gasteiger partial charge on any atom is 0.227 e. The summed E-state index contributed by atoms with van der Waals surface area (Å²) in [5.41, 5.74) is 7.38. The van der Waals surface area contributed by atoms with Crippen molar-refractivity contribution >= 4 is 11.7 Å². The summed E-state index contributed by atoms with van der Waals surface area (Å²) < 4.78 is 0. The van der Waals surface area contributed by atoms with Crippen molar-refractivity contribution in [1.82, 2.24) is 14.9 Å². The fourth-order valence-corrected chi connectivity index (χ4v) is 5.06. The van der Waals surface area contributed by atoms with E-state index in [0.29, 0.717) is 23.7 Å². The summed E-state index contributed by atoms with van der Waals surface area (Å²) in [6.45, 7) is 9.44. The zero-order valence-corrected chi connectivity index (χ0v) is 16.2. The summed E-state index contributed by atoms with van der Waals surface area (Å²) in [4.78, 5) is 26.6. The van der Waals surface area contributed by atoms with Crippen molar-refractivity contribution in [1.29, 1.82) is 0 Å². The molecule has 1 amide bonds. The van der Waals surface area contributed by atoms with Crippen LogP contribution in [0.15, 0.2) is 6.07 Å². The molecular formula is C20H31N5O. The van der Waals surface area contributed by atoms with Gasteiger partial charge in [-0.25, -0.2) is 9.97 Å². The van der Waals surface area contributed by atoms with Gasteiger partial charge in [-0.1, -0.05) is 13.8 Å². The smallest absolute Gasteiger partial charge is 0.227 e. The molecule has 0 spiro atoms. The average Bonchev–Trinajstić information content (AvgIpc) is 3.22. The van der Waals surface area contributed by atoms with Crippen LogP contribution in [0.3, 0.4) is 0 Å². The SMILES string of the molecule is Cc1cc(N2CCN(C(=O)C3C4CCC(C4)C3N)CC2)nc(C(C)C)n1. The summed E-state index contributed by atoms with van der Waals surface area (Å²) in [7, 11) is 0. The van der Waals surface area contributed by atoms with Gasteiger partial charge in [0.1, 0.15) is 11.6 Å². The van der Waals surface area contributed by atoms with Crippen molar-refractivity contribution < 1.29 is 4.79 Å². The quantitative estimate of drug-likeness (QED) is 0.895. The summed E-state index contributed by atoms with van der Waals surface area (Å²) in [6.07, 6.45) is 3.57. The van der Waals surface area contributed by atoms with Crippen LogP contribution in [0.1, 0.15) is 50.5 Å². The molecule has 0 aromatic carbocycles. The van der Waals surface area contributed by atoms with Gasteiger partial charge < -0.3 is 15.5 Å². The second kappa shape index (κ2) is 6.80. The third kappa shape index (κ3) is 3.08. The molecule has 1 saturated heterocycles. The third-order valence-electron chi connectivity index (χ3n) is 6.56. The van der Waals surface area contributed by atoms with Crippen LogP contribution in [-0.4, -0.2) is 53.0 Å². The average molecular weight is 358 g/mol. The lowest BCUT2D eigenvalue weighted by atomic mass is 9.84. The minimum atomic E-state index is 0.0640. The van der Waals surface area contributed by atoms with Gasteiger partial charge in [0.05, 0.1) is 5.92 Å². The van der Waals surface area contributed by atoms with Crippen LogP contribution < -0.4 is 10.6 Å². The van der Waals surface area contributed by atoms with E-state index in [1.807, 2.05) is 11.8 Å². The predicted molar refractivity (Wildman–Crippen MR) is 102 cm³/mol. The van der Waals surface area contributed by atoms with Gasteiger partial charge in [-0.2, -0.15) is 0 Å². The lowest BCUT2D eigenvalue weighted by molar-refractivity contribution is -0.138. The fourth-order valence-electron chi connectivity index (χ4n) is 5.06. The van der Waals surface area contributed by atoms with Crippen LogP contribution in [0.25, 0.3) is 0 Å². The van der Waals surface area contributed by atoms with E-state index in [4.69, 9.17) is 10.7 Å². The molecule has 2 saturated carbocycles. The van der Waals surface area contributed by atoms with Crippen LogP contribution in [0, 0.1) is 24.7 Å². The predicted octanol–water partition coefficient (Wildman–Crippen LogP) is 1.93. The number of piperazine rings is 1. The van der Waals surface area contributed by atoms with Gasteiger partial charge in [-0.05, 0) is 38.0 Å². The zero-order valence-electron chi connectivity index (χ0n) is 16.2. The Bertz CT molecular complexity index is 681. The molecule has 4 rings (SSSR count). The summed E-state index contributed by atoms with van der Waals surface area (Å²) in [5.74, 6) is 3.67. The maximum atomic E-state index is 13.0. The van der Waals surface area contributed by atoms with Crippen LogP contribution >= 0.6 is 0 Å². The number of anilines is 1. The second-order valence-corrected chi connectivity index (χ2v) is 8.63. The first-order valence-corrected chi connectivity index (χ1v) is 10.1. The topological polar surface area (TPSA) is 75.3 Å². The Labute approximate surface area is 156 Å². The number of amides is 1. The second-order valence-electron chi connectivity index (χ2n) is 8.63. The van der Waals surface area contributed by atoms with E-state index >= 15 is 0 Å². The Morgan fingerprint density at radius 3 is 2.46 bits per heavy atom. The Kier molecular flexibility index (Phi) is 4.63. The first-order valence-electron chi connectivity index (χ1n) is 10.1. The molecule has 3 aliphatic rings. The summed E-state index contributed by atoms with van der Waals surface area (Å²) in [6, 6.07) is 2.13. The molecule has 0 radical (unpaired) electrons. The number of aromatic nitrogens is 2. The van der Waals surface area contributed by atoms with Crippen molar-refractivity contribution in [2.75, 3.05) is 31.1 Å². The molecule has 2 heterocycles. The van der Waals surface area contributed by atoms with Crippen molar-refractivity contribution in [2.45, 2.75) is 52.0 Å². The molecule has 6 nitrogen and oxygen atoms in total. The molecule has 2 N–H and O–H groups in total. The lowest BCUT2D eigenvalue weighted by Gasteiger charge is -2.39. The lowest BCUT2D eigenvalue weighted by Crippen LogP contribution is -2.54. The minimum absolute atomic E-state index is 0.0640. The van der Waals surface area contributed by atoms with Crippen LogP contribution in [0.2, 0.25) is 0 Å². The van der Waals surface area contributed by atoms with Crippen molar-refractivity contribution in [3.63, 3.8) is 0 Å². The molecule has 4 unspecified atom stereocenters. The van der Waals surface area contributed by atoms with Crippen LogP contribution in [-0.2, 0) is 4.79 Å². The Morgan fingerprint density at radius 2 is 1.85 bits per heavy atom. The van der Waals surface area contributed by atoms with Gasteiger partial charge in [0.25, 0.3) is 0 Å². The fraction of sp³-hybridized carbons (Fsp3) is 0.750. The highest BCUT2D eigenvalue weighted by Gasteiger charge is 2.50. The molecule has 3 fully saturated rings. The maximum absolute atomic E-state index is 13.0. The monoisotopic (exact) mass is 357 g/mol. The standard InChI is InChI=1S/C20H31N5O/c1-12(2)19-22-13(3)10-16(23-19)24-6-8-25(9-7-24)20(26)17-14-4-5-15(11-14)18(17)21/h10,12,14-15,17-18H,4-9,11,21H2,1-3H3. The minimum Gasteiger partial charge on any atom is -0.353 e. The molecule has 1 aromatic rings. The summed E-state index contributed by atoms with van der Waals surface area (Å²) in [5, 5.41) is 0. The third-order valence-corrected chi connectivity index (χ3v) is 6.56. The van der Waals surface area contributed by atoms with E-state index in [2.05, 4.69) is 29.8 Å². The molecule has 142 valence electrons. The number of carbonyl (C=O) groups is 1. The van der Waals surface area contributed by atoms with E-state index in [1.54, 1.807) is 0 Å². The number of fused-ring (bicyclic) bond motifs is 2. The van der Waals surface area contributed by atoms with Gasteiger partial charge in [-0.15, -0.1) is 0 Å². The number of hydrogen-bond acceptors (Lipinski definition) is 5. The van der Waals surface area contributed by atoms with Gasteiger partial charge in [0.2, 0.25) is 5.91 Å². The summed E-state index contributed by atoms with van der Waals surface area (Å²) >= 11 is 0. The Balaban J connectivity index is 1.41. The molecule has 26 heavy (non-hydrogen) atoms. The van der Waals surface area contributed by atoms with E-state index in [-0.39, 0.29) is 12.0 Å². The number of rotatable bonds is 3. The number of carbonyl (C=O) groups excluding carboxylic acids is 1. The van der Waals surface area contributed by atoms with Gasteiger partial charge in [-0.3, -0.25) is 4.79 Å². The molecular weight excluding hydrogens is 326 g/mol.